The van der Waals surface area contributed by atoms with E-state index in [0.717, 1.165) is 24.9 Å². The van der Waals surface area contributed by atoms with Crippen molar-refractivity contribution >= 4 is 17.3 Å². The summed E-state index contributed by atoms with van der Waals surface area (Å²) < 4.78 is 0. The van der Waals surface area contributed by atoms with E-state index in [9.17, 15) is 5.11 Å². The average molecular weight is 213 g/mol. The molecule has 0 amide bonds. The highest BCUT2D eigenvalue weighted by Crippen LogP contribution is 2.26. The van der Waals surface area contributed by atoms with Crippen molar-refractivity contribution in [1.82, 2.24) is 4.98 Å². The van der Waals surface area contributed by atoms with Crippen molar-refractivity contribution in [2.24, 2.45) is 0 Å². The standard InChI is InChI=1S/C10H13ClN2O/c11-7-6-12-5-4-8(7)13-9-2-1-3-10(9)14/h4-6,9-10,14H,1-3H2,(H,12,13)/t9-,10-/m0/s1. The molecule has 3 nitrogen and oxygen atoms in total. The third kappa shape index (κ3) is 1.99. The molecule has 1 fully saturated rings. The number of nitrogens with one attached hydrogen (secondary N) is 1. The monoisotopic (exact) mass is 212 g/mol. The zero-order valence-corrected chi connectivity index (χ0v) is 8.54. The van der Waals surface area contributed by atoms with Gasteiger partial charge in [-0.2, -0.15) is 0 Å². The first-order valence-electron chi connectivity index (χ1n) is 4.81. The zero-order valence-electron chi connectivity index (χ0n) is 7.78. The van der Waals surface area contributed by atoms with Gasteiger partial charge in [0, 0.05) is 12.4 Å². The van der Waals surface area contributed by atoms with Crippen LogP contribution in [0.15, 0.2) is 18.5 Å². The fraction of sp³-hybridized carbons (Fsp3) is 0.500. The van der Waals surface area contributed by atoms with Crippen LogP contribution in [0.2, 0.25) is 5.02 Å². The Morgan fingerprint density at radius 3 is 3.00 bits per heavy atom. The van der Waals surface area contributed by atoms with Crippen molar-refractivity contribution < 1.29 is 5.11 Å². The summed E-state index contributed by atoms with van der Waals surface area (Å²) in [6.07, 6.45) is 5.99. The molecular formula is C10H13ClN2O. The lowest BCUT2D eigenvalue weighted by Gasteiger charge is -2.18. The highest BCUT2D eigenvalue weighted by atomic mass is 35.5. The Hall–Kier alpha value is -0.800. The Balaban J connectivity index is 2.07. The van der Waals surface area contributed by atoms with Gasteiger partial charge >= 0.3 is 0 Å². The van der Waals surface area contributed by atoms with Crippen LogP contribution in [0.25, 0.3) is 0 Å². The fourth-order valence-corrected chi connectivity index (χ4v) is 1.97. The number of hydrogen-bond donors (Lipinski definition) is 2. The minimum absolute atomic E-state index is 0.134. The van der Waals surface area contributed by atoms with Crippen LogP contribution in [0, 0.1) is 0 Å². The van der Waals surface area contributed by atoms with Crippen molar-refractivity contribution in [3.05, 3.63) is 23.5 Å². The number of aliphatic hydroxyl groups excluding tert-OH is 1. The van der Waals surface area contributed by atoms with Crippen LogP contribution in [0.1, 0.15) is 19.3 Å². The van der Waals surface area contributed by atoms with E-state index >= 15 is 0 Å². The van der Waals surface area contributed by atoms with E-state index in [2.05, 4.69) is 10.3 Å². The van der Waals surface area contributed by atoms with E-state index in [1.165, 1.54) is 0 Å². The van der Waals surface area contributed by atoms with Crippen molar-refractivity contribution in [3.8, 4) is 0 Å². The molecule has 1 aliphatic carbocycles. The van der Waals surface area contributed by atoms with Gasteiger partial charge in [0.25, 0.3) is 0 Å². The van der Waals surface area contributed by atoms with E-state index in [-0.39, 0.29) is 12.1 Å². The second-order valence-electron chi connectivity index (χ2n) is 3.60. The summed E-state index contributed by atoms with van der Waals surface area (Å²) >= 11 is 5.94. The largest absolute Gasteiger partial charge is 0.391 e. The van der Waals surface area contributed by atoms with Gasteiger partial charge in [0.05, 0.1) is 22.9 Å². The van der Waals surface area contributed by atoms with Crippen molar-refractivity contribution in [2.45, 2.75) is 31.4 Å². The van der Waals surface area contributed by atoms with Crippen LogP contribution in [0.4, 0.5) is 5.69 Å². The van der Waals surface area contributed by atoms with Crippen LogP contribution >= 0.6 is 11.6 Å². The molecule has 0 aliphatic heterocycles. The van der Waals surface area contributed by atoms with E-state index in [4.69, 9.17) is 11.6 Å². The molecule has 0 unspecified atom stereocenters. The minimum Gasteiger partial charge on any atom is -0.391 e. The highest BCUT2D eigenvalue weighted by molar-refractivity contribution is 6.33. The minimum atomic E-state index is -0.251. The van der Waals surface area contributed by atoms with Gasteiger partial charge in [-0.25, -0.2) is 0 Å². The molecule has 0 spiro atoms. The summed E-state index contributed by atoms with van der Waals surface area (Å²) in [5.74, 6) is 0. The predicted molar refractivity (Wildman–Crippen MR) is 56.5 cm³/mol. The number of nitrogens with zero attached hydrogens (tertiary/aromatic N) is 1. The highest BCUT2D eigenvalue weighted by Gasteiger charge is 2.25. The van der Waals surface area contributed by atoms with Gasteiger partial charge in [-0.05, 0) is 25.3 Å². The van der Waals surface area contributed by atoms with Gasteiger partial charge in [-0.15, -0.1) is 0 Å². The lowest BCUT2D eigenvalue weighted by atomic mass is 10.2. The number of aromatic nitrogens is 1. The smallest absolute Gasteiger partial charge is 0.0820 e. The number of aliphatic hydroxyl groups is 1. The molecule has 76 valence electrons. The second-order valence-corrected chi connectivity index (χ2v) is 4.01. The van der Waals surface area contributed by atoms with Gasteiger partial charge < -0.3 is 10.4 Å². The second kappa shape index (κ2) is 4.15. The molecule has 2 rings (SSSR count). The van der Waals surface area contributed by atoms with Crippen LogP contribution in [-0.4, -0.2) is 22.2 Å². The number of rotatable bonds is 2. The maximum Gasteiger partial charge on any atom is 0.0820 e. The van der Waals surface area contributed by atoms with Crippen molar-refractivity contribution in [3.63, 3.8) is 0 Å². The SMILES string of the molecule is O[C@H]1CCC[C@@H]1Nc1ccncc1Cl. The van der Waals surface area contributed by atoms with Crippen LogP contribution in [-0.2, 0) is 0 Å². The Morgan fingerprint density at radius 2 is 2.36 bits per heavy atom. The summed E-state index contributed by atoms with van der Waals surface area (Å²) in [5, 5.41) is 13.5. The third-order valence-corrected chi connectivity index (χ3v) is 2.89. The summed E-state index contributed by atoms with van der Waals surface area (Å²) in [4.78, 5) is 3.90. The Labute approximate surface area is 88.1 Å². The Morgan fingerprint density at radius 1 is 1.50 bits per heavy atom. The number of anilines is 1. The van der Waals surface area contributed by atoms with Gasteiger partial charge in [0.2, 0.25) is 0 Å². The summed E-state index contributed by atoms with van der Waals surface area (Å²) in [5.41, 5.74) is 0.854. The van der Waals surface area contributed by atoms with E-state index < -0.39 is 0 Å². The maximum absolute atomic E-state index is 9.62. The Bertz CT molecular complexity index is 319. The first-order valence-corrected chi connectivity index (χ1v) is 5.19. The van der Waals surface area contributed by atoms with Crippen molar-refractivity contribution in [2.75, 3.05) is 5.32 Å². The van der Waals surface area contributed by atoms with Gasteiger partial charge in [0.1, 0.15) is 0 Å². The fourth-order valence-electron chi connectivity index (χ4n) is 1.80. The van der Waals surface area contributed by atoms with Gasteiger partial charge in [-0.3, -0.25) is 4.98 Å². The molecule has 1 heterocycles. The topological polar surface area (TPSA) is 45.1 Å². The van der Waals surface area contributed by atoms with Crippen LogP contribution in [0.3, 0.4) is 0 Å². The molecule has 2 N–H and O–H groups in total. The molecular weight excluding hydrogens is 200 g/mol. The van der Waals surface area contributed by atoms with E-state index in [1.807, 2.05) is 6.07 Å². The molecule has 0 radical (unpaired) electrons. The van der Waals surface area contributed by atoms with E-state index in [0.29, 0.717) is 5.02 Å². The zero-order chi connectivity index (χ0) is 9.97. The normalized spacial score (nSPS) is 26.4. The Kier molecular flexibility index (Phi) is 2.89. The molecule has 2 atom stereocenters. The number of pyridine rings is 1. The van der Waals surface area contributed by atoms with Crippen molar-refractivity contribution in [1.29, 1.82) is 0 Å². The maximum atomic E-state index is 9.62. The first kappa shape index (κ1) is 9.74. The lowest BCUT2D eigenvalue weighted by Crippen LogP contribution is -2.27. The molecule has 4 heteroatoms. The van der Waals surface area contributed by atoms with Crippen LogP contribution in [0.5, 0.6) is 0 Å². The molecule has 1 aromatic rings. The molecule has 1 aromatic heterocycles. The first-order chi connectivity index (χ1) is 6.77. The average Bonchev–Trinajstić information content (AvgIpc) is 2.56. The quantitative estimate of drug-likeness (QED) is 0.789. The molecule has 0 aromatic carbocycles. The number of hydrogen-bond acceptors (Lipinski definition) is 3. The van der Waals surface area contributed by atoms with Gasteiger partial charge in [0.15, 0.2) is 0 Å². The van der Waals surface area contributed by atoms with E-state index in [1.54, 1.807) is 12.4 Å². The lowest BCUT2D eigenvalue weighted by molar-refractivity contribution is 0.172. The molecule has 0 saturated heterocycles. The number of halogens is 1. The summed E-state index contributed by atoms with van der Waals surface area (Å²) in [7, 11) is 0. The third-order valence-electron chi connectivity index (χ3n) is 2.59. The van der Waals surface area contributed by atoms with Crippen LogP contribution < -0.4 is 5.32 Å². The summed E-state index contributed by atoms with van der Waals surface area (Å²) in [6, 6.07) is 1.96. The van der Waals surface area contributed by atoms with Gasteiger partial charge in [-0.1, -0.05) is 11.6 Å². The molecule has 1 saturated carbocycles. The predicted octanol–water partition coefficient (Wildman–Crippen LogP) is 2.06. The molecule has 0 bridgehead atoms. The summed E-state index contributed by atoms with van der Waals surface area (Å²) in [6.45, 7) is 0. The molecule has 14 heavy (non-hydrogen) atoms. The molecule has 1 aliphatic rings.